The Bertz CT molecular complexity index is 778. The van der Waals surface area contributed by atoms with E-state index in [4.69, 9.17) is 9.47 Å². The Morgan fingerprint density at radius 2 is 0.896 bits per heavy atom. The number of allylic oxidation sites excluding steroid dienone is 8. The average Bonchev–Trinajstić information content (AvgIpc) is 3.52. The number of unbranched alkanes of at least 4 members (excludes halogenated alkanes) is 18. The lowest BCUT2D eigenvalue weighted by Crippen LogP contribution is -2.50. The predicted molar refractivity (Wildman–Crippen MR) is 211 cm³/mol. The molecule has 1 unspecified atom stereocenters. The van der Waals surface area contributed by atoms with E-state index < -0.39 is 0 Å². The van der Waals surface area contributed by atoms with E-state index in [0.717, 1.165) is 58.5 Å². The van der Waals surface area contributed by atoms with E-state index in [2.05, 4.69) is 79.3 Å². The molecular weight excluding hydrogens is 588 g/mol. The zero-order chi connectivity index (χ0) is 34.2. The topological polar surface area (TPSA) is 24.9 Å². The fourth-order valence-corrected chi connectivity index (χ4v) is 6.98. The molecule has 0 aromatic carbocycles. The van der Waals surface area contributed by atoms with E-state index in [-0.39, 0.29) is 12.0 Å². The lowest BCUT2D eigenvalue weighted by molar-refractivity contribution is -0.197. The van der Waals surface area contributed by atoms with Crippen LogP contribution < -0.4 is 0 Å². The highest BCUT2D eigenvalue weighted by Gasteiger charge is 2.43. The van der Waals surface area contributed by atoms with Gasteiger partial charge >= 0.3 is 0 Å². The molecule has 0 aliphatic carbocycles. The Labute approximate surface area is 299 Å². The summed E-state index contributed by atoms with van der Waals surface area (Å²) in [6.45, 7) is 9.73. The lowest BCUT2D eigenvalue weighted by atomic mass is 9.98. The predicted octanol–water partition coefficient (Wildman–Crippen LogP) is 12.7. The summed E-state index contributed by atoms with van der Waals surface area (Å²) < 4.78 is 13.4. The fourth-order valence-electron chi connectivity index (χ4n) is 6.98. The van der Waals surface area contributed by atoms with Crippen molar-refractivity contribution < 1.29 is 9.47 Å². The Hall–Kier alpha value is -1.20. The van der Waals surface area contributed by atoms with Crippen LogP contribution >= 0.6 is 0 Å². The first-order valence-electron chi connectivity index (χ1n) is 21.0. The first kappa shape index (κ1) is 43.0. The van der Waals surface area contributed by atoms with Crippen LogP contribution in [0.1, 0.15) is 181 Å². The summed E-state index contributed by atoms with van der Waals surface area (Å²) in [5.74, 6) is -0.349. The smallest absolute Gasteiger partial charge is 0.170 e. The summed E-state index contributed by atoms with van der Waals surface area (Å²) in [5, 5.41) is 0. The number of ether oxygens (including phenoxy) is 2. The second-order valence-corrected chi connectivity index (χ2v) is 14.8. The van der Waals surface area contributed by atoms with Crippen molar-refractivity contribution in [2.75, 3.05) is 39.8 Å². The molecule has 2 aliphatic rings. The second-order valence-electron chi connectivity index (χ2n) is 14.8. The molecule has 1 atom stereocenters. The summed E-state index contributed by atoms with van der Waals surface area (Å²) in [5.41, 5.74) is 0. The molecule has 0 bridgehead atoms. The highest BCUT2D eigenvalue weighted by Crippen LogP contribution is 2.36. The minimum absolute atomic E-state index is 0.146. The van der Waals surface area contributed by atoms with Crippen molar-refractivity contribution in [3.8, 4) is 0 Å². The molecule has 48 heavy (non-hydrogen) atoms. The van der Waals surface area contributed by atoms with Crippen LogP contribution in [0.25, 0.3) is 0 Å². The molecule has 0 N–H and O–H groups in total. The molecule has 0 amide bonds. The van der Waals surface area contributed by atoms with Gasteiger partial charge in [-0.25, -0.2) is 0 Å². The summed E-state index contributed by atoms with van der Waals surface area (Å²) in [4.78, 5) is 4.95. The van der Waals surface area contributed by atoms with Crippen molar-refractivity contribution in [1.82, 2.24) is 9.80 Å². The third-order valence-electron chi connectivity index (χ3n) is 10.3. The van der Waals surface area contributed by atoms with Crippen molar-refractivity contribution in [3.05, 3.63) is 48.6 Å². The van der Waals surface area contributed by atoms with Crippen LogP contribution in [0.15, 0.2) is 48.6 Å². The minimum atomic E-state index is -0.349. The third kappa shape index (κ3) is 22.5. The largest absolute Gasteiger partial charge is 0.346 e. The van der Waals surface area contributed by atoms with Gasteiger partial charge in [-0.05, 0) is 84.1 Å². The van der Waals surface area contributed by atoms with Gasteiger partial charge in [0.25, 0.3) is 0 Å². The van der Waals surface area contributed by atoms with Crippen molar-refractivity contribution >= 4 is 0 Å². The van der Waals surface area contributed by atoms with Gasteiger partial charge in [-0.1, -0.05) is 140 Å². The van der Waals surface area contributed by atoms with Crippen molar-refractivity contribution in [3.63, 3.8) is 0 Å². The maximum absolute atomic E-state index is 6.83. The molecular formula is C44H80N2O2. The maximum atomic E-state index is 6.83. The van der Waals surface area contributed by atoms with Crippen LogP contribution in [0.5, 0.6) is 0 Å². The molecule has 4 nitrogen and oxygen atoms in total. The number of hydrogen-bond donors (Lipinski definition) is 0. The van der Waals surface area contributed by atoms with E-state index in [0.29, 0.717) is 0 Å². The molecule has 0 radical (unpaired) electrons. The van der Waals surface area contributed by atoms with Gasteiger partial charge in [-0.3, -0.25) is 4.90 Å². The van der Waals surface area contributed by atoms with Crippen LogP contribution in [0.3, 0.4) is 0 Å². The van der Waals surface area contributed by atoms with Gasteiger partial charge in [0.15, 0.2) is 5.79 Å². The second kappa shape index (κ2) is 30.6. The highest BCUT2D eigenvalue weighted by molar-refractivity contribution is 4.93. The van der Waals surface area contributed by atoms with Crippen molar-refractivity contribution in [2.45, 2.75) is 193 Å². The van der Waals surface area contributed by atoms with Gasteiger partial charge in [0.1, 0.15) is 6.23 Å². The van der Waals surface area contributed by atoms with Crippen LogP contribution in [0.4, 0.5) is 0 Å². The molecule has 0 aromatic rings. The third-order valence-corrected chi connectivity index (χ3v) is 10.3. The van der Waals surface area contributed by atoms with Crippen LogP contribution in [-0.4, -0.2) is 61.6 Å². The molecule has 2 heterocycles. The monoisotopic (exact) mass is 669 g/mol. The summed E-state index contributed by atoms with van der Waals surface area (Å²) in [7, 11) is 2.23. The Morgan fingerprint density at radius 1 is 0.500 bits per heavy atom. The Morgan fingerprint density at radius 3 is 1.33 bits per heavy atom. The number of likely N-dealkylation sites (N-methyl/N-ethyl adjacent to an activating group) is 1. The summed E-state index contributed by atoms with van der Waals surface area (Å²) in [6.07, 6.45) is 52.1. The number of rotatable bonds is 31. The molecule has 0 saturated carbocycles. The first-order valence-corrected chi connectivity index (χ1v) is 21.0. The van der Waals surface area contributed by atoms with Crippen LogP contribution in [0, 0.1) is 0 Å². The highest BCUT2D eigenvalue weighted by atomic mass is 16.8. The Balaban J connectivity index is 1.57. The molecule has 2 aliphatic heterocycles. The molecule has 2 fully saturated rings. The van der Waals surface area contributed by atoms with Gasteiger partial charge in [-0.15, -0.1) is 0 Å². The van der Waals surface area contributed by atoms with E-state index in [1.807, 2.05) is 0 Å². The Kier molecular flexibility index (Phi) is 27.4. The maximum Gasteiger partial charge on any atom is 0.170 e. The first-order chi connectivity index (χ1) is 23.7. The van der Waals surface area contributed by atoms with E-state index in [9.17, 15) is 0 Å². The number of piperazine rings is 1. The fraction of sp³-hybridized carbons (Fsp3) is 0.818. The van der Waals surface area contributed by atoms with Gasteiger partial charge in [-0.2, -0.15) is 0 Å². The van der Waals surface area contributed by atoms with E-state index in [1.165, 1.54) is 141 Å². The SMILES string of the molecule is CCCCC/C=C\C/C=C\CCCCCCCCC1(CCCCCCCC/C=C\C/C=C\CCCCC)OCC(N2CCN(C)CC2)O1. The van der Waals surface area contributed by atoms with Crippen LogP contribution in [0.2, 0.25) is 0 Å². The molecule has 0 spiro atoms. The lowest BCUT2D eigenvalue weighted by Gasteiger charge is -2.36. The average molecular weight is 669 g/mol. The number of nitrogens with zero attached hydrogens (tertiary/aromatic N) is 2. The van der Waals surface area contributed by atoms with Gasteiger partial charge < -0.3 is 14.4 Å². The van der Waals surface area contributed by atoms with Gasteiger partial charge in [0, 0.05) is 39.0 Å². The molecule has 0 aromatic heterocycles. The van der Waals surface area contributed by atoms with Crippen LogP contribution in [-0.2, 0) is 9.47 Å². The summed E-state index contributed by atoms with van der Waals surface area (Å²) in [6, 6.07) is 0. The molecule has 4 heteroatoms. The quantitative estimate of drug-likeness (QED) is 0.0542. The van der Waals surface area contributed by atoms with Gasteiger partial charge in [0.05, 0.1) is 6.61 Å². The normalized spacial score (nSPS) is 19.4. The van der Waals surface area contributed by atoms with E-state index >= 15 is 0 Å². The molecule has 278 valence electrons. The molecule has 2 rings (SSSR count). The van der Waals surface area contributed by atoms with Gasteiger partial charge in [0.2, 0.25) is 0 Å². The zero-order valence-corrected chi connectivity index (χ0v) is 32.3. The minimum Gasteiger partial charge on any atom is -0.346 e. The van der Waals surface area contributed by atoms with Crippen molar-refractivity contribution in [2.24, 2.45) is 0 Å². The van der Waals surface area contributed by atoms with Crippen molar-refractivity contribution in [1.29, 1.82) is 0 Å². The number of hydrogen-bond acceptors (Lipinski definition) is 4. The zero-order valence-electron chi connectivity index (χ0n) is 32.3. The van der Waals surface area contributed by atoms with E-state index in [1.54, 1.807) is 0 Å². The standard InChI is InChI=1S/C44H80N2O2/c1-4-6-8-10-12-14-16-18-20-22-24-26-28-30-32-34-36-44(47-42-43(48-44)46-40-38-45(3)39-41-46)37-35-33-31-29-27-25-23-21-19-17-15-13-11-9-7-5-2/h12-15,18-21,43H,4-11,16-17,22-42H2,1-3H3/b14-12-,15-13-,20-18-,21-19-. The summed E-state index contributed by atoms with van der Waals surface area (Å²) >= 11 is 0. The molecule has 2 saturated heterocycles.